The zero-order valence-electron chi connectivity index (χ0n) is 34.9. The van der Waals surface area contributed by atoms with Gasteiger partial charge in [-0.2, -0.15) is 0 Å². The van der Waals surface area contributed by atoms with Gasteiger partial charge in [0.15, 0.2) is 42.0 Å². The van der Waals surface area contributed by atoms with Crippen LogP contribution in [0.4, 0.5) is 0 Å². The number of methoxy groups -OCH3 is 1. The number of carbonyl (C=O) groups is 1. The van der Waals surface area contributed by atoms with Gasteiger partial charge in [-0.25, -0.2) is 4.79 Å². The Balaban J connectivity index is 1.21. The van der Waals surface area contributed by atoms with Crippen molar-refractivity contribution in [1.82, 2.24) is 0 Å². The second-order valence-electron chi connectivity index (χ2n) is 15.6. The summed E-state index contributed by atoms with van der Waals surface area (Å²) in [6, 6.07) is 11.0. The summed E-state index contributed by atoms with van der Waals surface area (Å²) in [5.74, 6) is -3.83. The highest BCUT2D eigenvalue weighted by Crippen LogP contribution is 2.39. The highest BCUT2D eigenvalue weighted by Gasteiger charge is 2.53. The summed E-state index contributed by atoms with van der Waals surface area (Å²) in [6.07, 6.45) is -26.4. The Labute approximate surface area is 377 Å². The summed E-state index contributed by atoms with van der Waals surface area (Å²) in [5.41, 5.74) is -1.01. The lowest BCUT2D eigenvalue weighted by Gasteiger charge is -2.46. The third-order valence-corrected chi connectivity index (χ3v) is 11.2. The van der Waals surface area contributed by atoms with Gasteiger partial charge in [0.1, 0.15) is 89.3 Å². The van der Waals surface area contributed by atoms with Crippen LogP contribution in [0, 0.1) is 0 Å². The zero-order valence-corrected chi connectivity index (χ0v) is 34.9. The summed E-state index contributed by atoms with van der Waals surface area (Å²) in [4.78, 5) is 27.3. The number of carbonyl (C=O) groups excluding carboxylic acids is 1. The number of benzene rings is 3. The van der Waals surface area contributed by atoms with Crippen molar-refractivity contribution in [2.45, 2.75) is 92.1 Å². The molecule has 0 saturated carbocycles. The number of esters is 1. The van der Waals surface area contributed by atoms with Crippen LogP contribution in [-0.4, -0.2) is 191 Å². The minimum Gasteiger partial charge on any atom is -0.508 e. The first-order valence-corrected chi connectivity index (χ1v) is 20.4. The first kappa shape index (κ1) is 49.2. The molecule has 0 amide bonds. The number of aliphatic hydroxyl groups excluding tert-OH is 9. The average molecular weight is 949 g/mol. The van der Waals surface area contributed by atoms with Crippen molar-refractivity contribution in [3.8, 4) is 45.8 Å². The van der Waals surface area contributed by atoms with Gasteiger partial charge in [-0.15, -0.1) is 0 Å². The highest BCUT2D eigenvalue weighted by atomic mass is 16.8. The first-order valence-electron chi connectivity index (χ1n) is 20.4. The molecule has 13 N–H and O–H groups in total. The molecule has 3 aliphatic heterocycles. The maximum Gasteiger partial charge on any atom is 0.331 e. The van der Waals surface area contributed by atoms with Gasteiger partial charge < -0.3 is 109 Å². The van der Waals surface area contributed by atoms with Gasteiger partial charge in [-0.1, -0.05) is 6.07 Å². The molecule has 0 bridgehead atoms. The Hall–Kier alpha value is -5.68. The molecular weight excluding hydrogens is 900 g/mol. The Bertz CT molecular complexity index is 2440. The maximum atomic E-state index is 14.3. The van der Waals surface area contributed by atoms with Gasteiger partial charge in [0.05, 0.1) is 26.9 Å². The summed E-state index contributed by atoms with van der Waals surface area (Å²) < 4.78 is 51.3. The van der Waals surface area contributed by atoms with E-state index in [1.165, 1.54) is 55.7 Å². The third kappa shape index (κ3) is 10.3. The van der Waals surface area contributed by atoms with E-state index in [0.717, 1.165) is 18.2 Å². The summed E-state index contributed by atoms with van der Waals surface area (Å²) in [7, 11) is 1.31. The molecule has 1 aromatic heterocycles. The van der Waals surface area contributed by atoms with Crippen molar-refractivity contribution in [1.29, 1.82) is 0 Å². The van der Waals surface area contributed by atoms with Crippen molar-refractivity contribution in [2.24, 2.45) is 0 Å². The molecule has 364 valence electrons. The SMILES string of the molecule is COc1cc(/C=C/C(=O)O[C@H]2[C@H](OC[C@H]3O[C@@H](Oc4c(-c5ccc(O)cc5)oc5cc(O)cc(O)c5c4=O)[C@H](O[C@@H]4O[C@H](CO)[C@@H](O)[C@H](O)[C@H]4O)[C@@H](O)[C@@H]3O)O[C@H](CO)[C@@H](O)[C@@H]2O)ccc1O. The maximum absolute atomic E-state index is 14.3. The van der Waals surface area contributed by atoms with Gasteiger partial charge in [0.25, 0.3) is 0 Å². The van der Waals surface area contributed by atoms with Crippen molar-refractivity contribution in [3.63, 3.8) is 0 Å². The lowest BCUT2D eigenvalue weighted by atomic mass is 9.97. The van der Waals surface area contributed by atoms with E-state index in [1.54, 1.807) is 0 Å². The van der Waals surface area contributed by atoms with Crippen LogP contribution in [0.1, 0.15) is 5.56 Å². The monoisotopic (exact) mass is 948 g/mol. The van der Waals surface area contributed by atoms with Crippen LogP contribution >= 0.6 is 0 Å². The number of hydrogen-bond donors (Lipinski definition) is 13. The van der Waals surface area contributed by atoms with Gasteiger partial charge in [0.2, 0.25) is 17.5 Å². The van der Waals surface area contributed by atoms with Gasteiger partial charge in [0, 0.05) is 23.8 Å². The Morgan fingerprint density at radius 3 is 1.97 bits per heavy atom. The van der Waals surface area contributed by atoms with E-state index in [2.05, 4.69) is 0 Å². The Kier molecular flexibility index (Phi) is 15.2. The topological polar surface area (TPSA) is 384 Å². The number of hydrogen-bond acceptors (Lipinski definition) is 24. The van der Waals surface area contributed by atoms with E-state index in [4.69, 9.17) is 42.3 Å². The molecule has 67 heavy (non-hydrogen) atoms. The van der Waals surface area contributed by atoms with Crippen LogP contribution in [0.25, 0.3) is 28.4 Å². The quantitative estimate of drug-likeness (QED) is 0.0455. The average Bonchev–Trinajstić information content (AvgIpc) is 3.30. The summed E-state index contributed by atoms with van der Waals surface area (Å²) >= 11 is 0. The van der Waals surface area contributed by atoms with Crippen molar-refractivity contribution in [2.75, 3.05) is 26.9 Å². The largest absolute Gasteiger partial charge is 0.508 e. The van der Waals surface area contributed by atoms with E-state index in [0.29, 0.717) is 5.56 Å². The molecule has 0 aliphatic carbocycles. The molecule has 4 heterocycles. The fourth-order valence-corrected chi connectivity index (χ4v) is 7.55. The molecule has 4 aromatic rings. The highest BCUT2D eigenvalue weighted by molar-refractivity contribution is 5.88. The van der Waals surface area contributed by atoms with E-state index in [9.17, 15) is 76.0 Å². The fourth-order valence-electron chi connectivity index (χ4n) is 7.55. The molecule has 3 saturated heterocycles. The smallest absolute Gasteiger partial charge is 0.331 e. The number of aromatic hydroxyl groups is 4. The van der Waals surface area contributed by atoms with Gasteiger partial charge in [-0.3, -0.25) is 4.79 Å². The standard InChI is InChI=1S/C43H48O24/c1-59-22-10-16(2-8-20(22)48)3-9-27(50)65-39-34(56)30(52)25(14-45)63-42(39)60-15-26-31(53)35(57)40(67-41-36(58)33(55)29(51)24(13-44)62-41)43(64-26)66-38-32(54)28-21(49)11-19(47)12-23(28)61-37(38)17-4-6-18(46)7-5-17/h2-12,24-26,29-31,33-36,39-49,51-53,55-58H,13-15H2,1H3/b9-3+/t24-,25-,26-,29-,30-,31-,33+,34+,35+,36-,39-,40-,41+,42-,43+/m1/s1. The van der Waals surface area contributed by atoms with Crippen LogP contribution in [0.3, 0.4) is 0 Å². The predicted octanol–water partition coefficient (Wildman–Crippen LogP) is -2.62. The lowest BCUT2D eigenvalue weighted by Crippen LogP contribution is -2.65. The van der Waals surface area contributed by atoms with Crippen LogP contribution in [0.5, 0.6) is 34.5 Å². The summed E-state index contributed by atoms with van der Waals surface area (Å²) in [5, 5.41) is 137. The molecule has 3 fully saturated rings. The Morgan fingerprint density at radius 2 is 1.30 bits per heavy atom. The second kappa shape index (κ2) is 20.7. The zero-order chi connectivity index (χ0) is 48.4. The normalized spacial score (nSPS) is 32.3. The van der Waals surface area contributed by atoms with Crippen molar-refractivity contribution >= 4 is 23.0 Å². The first-order chi connectivity index (χ1) is 31.9. The minimum atomic E-state index is -2.18. The molecule has 0 spiro atoms. The van der Waals surface area contributed by atoms with Crippen molar-refractivity contribution < 1.29 is 113 Å². The fraction of sp³-hybridized carbons (Fsp3) is 0.442. The van der Waals surface area contributed by atoms with E-state index in [1.807, 2.05) is 0 Å². The van der Waals surface area contributed by atoms with Crippen LogP contribution < -0.4 is 14.9 Å². The molecule has 24 nitrogen and oxygen atoms in total. The van der Waals surface area contributed by atoms with Crippen LogP contribution in [0.15, 0.2) is 69.9 Å². The number of ether oxygens (including phenoxy) is 8. The Morgan fingerprint density at radius 1 is 0.672 bits per heavy atom. The predicted molar refractivity (Wildman–Crippen MR) is 220 cm³/mol. The molecular formula is C43H48O24. The molecule has 3 aromatic carbocycles. The van der Waals surface area contributed by atoms with Crippen LogP contribution in [0.2, 0.25) is 0 Å². The number of phenolic OH excluding ortho intramolecular Hbond substituents is 4. The number of fused-ring (bicyclic) bond motifs is 1. The summed E-state index contributed by atoms with van der Waals surface area (Å²) in [6.45, 7) is -2.64. The van der Waals surface area contributed by atoms with E-state index >= 15 is 0 Å². The molecule has 0 radical (unpaired) electrons. The number of rotatable bonds is 14. The van der Waals surface area contributed by atoms with Gasteiger partial charge in [-0.05, 0) is 48.0 Å². The molecule has 0 unspecified atom stereocenters. The number of aliphatic hydroxyl groups is 9. The van der Waals surface area contributed by atoms with E-state index in [-0.39, 0.29) is 28.4 Å². The third-order valence-electron chi connectivity index (χ3n) is 11.2. The molecule has 3 aliphatic rings. The van der Waals surface area contributed by atoms with E-state index < -0.39 is 152 Å². The minimum absolute atomic E-state index is 0.0594. The number of phenols is 4. The second-order valence-corrected chi connectivity index (χ2v) is 15.6. The van der Waals surface area contributed by atoms with Crippen molar-refractivity contribution in [3.05, 3.63) is 76.5 Å². The van der Waals surface area contributed by atoms with Gasteiger partial charge >= 0.3 is 5.97 Å². The molecule has 24 heteroatoms. The molecule has 15 atom stereocenters. The van der Waals surface area contributed by atoms with Crippen LogP contribution in [-0.2, 0) is 33.2 Å². The molecule has 7 rings (SSSR count). The lowest BCUT2D eigenvalue weighted by molar-refractivity contribution is -0.363.